The molecule has 46 heavy (non-hydrogen) atoms. The summed E-state index contributed by atoms with van der Waals surface area (Å²) in [6.07, 6.45) is 4.62. The summed E-state index contributed by atoms with van der Waals surface area (Å²) in [5.74, 6) is -0.441. The zero-order valence-electron chi connectivity index (χ0n) is 25.4. The van der Waals surface area contributed by atoms with Gasteiger partial charge in [0, 0.05) is 36.0 Å². The van der Waals surface area contributed by atoms with Gasteiger partial charge in [-0.3, -0.25) is 14.4 Å². The zero-order chi connectivity index (χ0) is 32.8. The number of fused-ring (bicyclic) bond motifs is 1. The quantitative estimate of drug-likeness (QED) is 0.151. The largest absolute Gasteiger partial charge is 0.493 e. The summed E-state index contributed by atoms with van der Waals surface area (Å²) in [6.45, 7) is 0.00410. The van der Waals surface area contributed by atoms with Crippen LogP contribution in [-0.4, -0.2) is 78.3 Å². The summed E-state index contributed by atoms with van der Waals surface area (Å²) in [6, 6.07) is 10.6. The summed E-state index contributed by atoms with van der Waals surface area (Å²) in [7, 11) is 1.43. The maximum atomic E-state index is 14.4. The fourth-order valence-electron chi connectivity index (χ4n) is 6.22. The van der Waals surface area contributed by atoms with E-state index in [0.717, 1.165) is 32.1 Å². The molecule has 1 aromatic heterocycles. The molecule has 1 fully saturated rings. The van der Waals surface area contributed by atoms with Gasteiger partial charge in [0.15, 0.2) is 11.5 Å². The lowest BCUT2D eigenvalue weighted by Gasteiger charge is -2.42. The number of nitrogens with zero attached hydrogens (tertiary/aromatic N) is 1. The highest BCUT2D eigenvalue weighted by atomic mass is 127. The van der Waals surface area contributed by atoms with Crippen molar-refractivity contribution in [2.45, 2.75) is 56.8 Å². The van der Waals surface area contributed by atoms with Gasteiger partial charge in [-0.15, -0.1) is 0 Å². The number of hydrogen-bond donors (Lipinski definition) is 3. The van der Waals surface area contributed by atoms with Crippen LogP contribution in [0.1, 0.15) is 59.2 Å². The highest BCUT2D eigenvalue weighted by Gasteiger charge is 2.42. The molecule has 0 unspecified atom stereocenters. The molecule has 11 nitrogen and oxygen atoms in total. The molecule has 2 aliphatic rings. The van der Waals surface area contributed by atoms with E-state index in [9.17, 15) is 29.4 Å². The SMILES string of the molecule is COc1cc(C=O)cc(I)c1O[C@H]1C=C(C(=O)NCCO)C[C@@H](N(CC2CCCCC2)C(=O)c2cc3ccccc3oc2=O)[C@@H]1O. The van der Waals surface area contributed by atoms with Gasteiger partial charge in [0.2, 0.25) is 5.91 Å². The molecule has 1 heterocycles. The second kappa shape index (κ2) is 15.2. The van der Waals surface area contributed by atoms with Crippen molar-refractivity contribution >= 4 is 51.7 Å². The Hall–Kier alpha value is -3.75. The van der Waals surface area contributed by atoms with Crippen molar-refractivity contribution in [1.29, 1.82) is 0 Å². The smallest absolute Gasteiger partial charge is 0.349 e. The number of hydrogen-bond acceptors (Lipinski definition) is 9. The van der Waals surface area contributed by atoms with Gasteiger partial charge in [-0.2, -0.15) is 0 Å². The minimum Gasteiger partial charge on any atom is -0.493 e. The third-order valence-electron chi connectivity index (χ3n) is 8.57. The minimum atomic E-state index is -1.32. The molecule has 1 saturated carbocycles. The lowest BCUT2D eigenvalue weighted by molar-refractivity contribution is -0.118. The Morgan fingerprint density at radius 3 is 2.63 bits per heavy atom. The minimum absolute atomic E-state index is 0.0106. The van der Waals surface area contributed by atoms with E-state index in [0.29, 0.717) is 26.4 Å². The normalized spacial score (nSPS) is 20.1. The molecule has 3 N–H and O–H groups in total. The van der Waals surface area contributed by atoms with Gasteiger partial charge in [0.25, 0.3) is 5.91 Å². The molecule has 244 valence electrons. The molecule has 5 rings (SSSR count). The molecule has 2 amide bonds. The monoisotopic (exact) mass is 744 g/mol. The molecular formula is C34H37IN2O9. The predicted molar refractivity (Wildman–Crippen MR) is 178 cm³/mol. The number of carbonyl (C=O) groups excluding carboxylic acids is 3. The Morgan fingerprint density at radius 1 is 1.15 bits per heavy atom. The van der Waals surface area contributed by atoms with Gasteiger partial charge in [0.05, 0.1) is 23.3 Å². The molecular weight excluding hydrogens is 707 g/mol. The summed E-state index contributed by atoms with van der Waals surface area (Å²) >= 11 is 2.00. The number of aliphatic hydroxyl groups is 2. The average molecular weight is 745 g/mol. The van der Waals surface area contributed by atoms with E-state index in [1.54, 1.807) is 30.3 Å². The van der Waals surface area contributed by atoms with Crippen LogP contribution in [0.4, 0.5) is 0 Å². The maximum Gasteiger partial charge on any atom is 0.349 e. The number of nitrogens with one attached hydrogen (secondary N) is 1. The second-order valence-electron chi connectivity index (χ2n) is 11.6. The molecule has 0 spiro atoms. The number of amides is 2. The van der Waals surface area contributed by atoms with E-state index in [-0.39, 0.29) is 54.7 Å². The molecule has 2 aromatic carbocycles. The third kappa shape index (κ3) is 7.45. The van der Waals surface area contributed by atoms with Gasteiger partial charge >= 0.3 is 5.63 Å². The molecule has 0 radical (unpaired) electrons. The second-order valence-corrected chi connectivity index (χ2v) is 12.8. The van der Waals surface area contributed by atoms with E-state index >= 15 is 0 Å². The maximum absolute atomic E-state index is 14.4. The van der Waals surface area contributed by atoms with Crippen molar-refractivity contribution in [2.24, 2.45) is 5.92 Å². The topological polar surface area (TPSA) is 156 Å². The number of benzene rings is 2. The van der Waals surface area contributed by atoms with Crippen molar-refractivity contribution in [3.8, 4) is 11.5 Å². The van der Waals surface area contributed by atoms with E-state index in [1.165, 1.54) is 30.2 Å². The molecule has 3 aromatic rings. The lowest BCUT2D eigenvalue weighted by atomic mass is 9.85. The van der Waals surface area contributed by atoms with Crippen molar-refractivity contribution < 1.29 is 38.5 Å². The number of aliphatic hydroxyl groups excluding tert-OH is 2. The lowest BCUT2D eigenvalue weighted by Crippen LogP contribution is -2.56. The van der Waals surface area contributed by atoms with E-state index in [2.05, 4.69) is 5.32 Å². The van der Waals surface area contributed by atoms with Crippen LogP contribution in [0.15, 0.2) is 63.3 Å². The Morgan fingerprint density at radius 2 is 1.91 bits per heavy atom. The first kappa shape index (κ1) is 33.6. The number of rotatable bonds is 11. The van der Waals surface area contributed by atoms with Crippen LogP contribution in [0, 0.1) is 9.49 Å². The molecule has 0 aliphatic heterocycles. The number of para-hydroxylation sites is 1. The molecule has 2 aliphatic carbocycles. The van der Waals surface area contributed by atoms with Gasteiger partial charge in [-0.1, -0.05) is 37.5 Å². The van der Waals surface area contributed by atoms with E-state index in [1.807, 2.05) is 22.6 Å². The summed E-state index contributed by atoms with van der Waals surface area (Å²) < 4.78 is 17.8. The van der Waals surface area contributed by atoms with Crippen LogP contribution in [0.3, 0.4) is 0 Å². The van der Waals surface area contributed by atoms with E-state index in [4.69, 9.17) is 13.9 Å². The van der Waals surface area contributed by atoms with Gasteiger partial charge < -0.3 is 34.3 Å². The Bertz CT molecular complexity index is 1680. The highest BCUT2D eigenvalue weighted by molar-refractivity contribution is 14.1. The Kier molecular flexibility index (Phi) is 11.1. The van der Waals surface area contributed by atoms with Gasteiger partial charge in [0.1, 0.15) is 29.6 Å². The fraction of sp³-hybridized carbons (Fsp3) is 0.412. The molecule has 0 saturated heterocycles. The van der Waals surface area contributed by atoms with Crippen molar-refractivity contribution in [2.75, 3.05) is 26.8 Å². The summed E-state index contributed by atoms with van der Waals surface area (Å²) in [5.41, 5.74) is 0.0130. The zero-order valence-corrected chi connectivity index (χ0v) is 27.6. The third-order valence-corrected chi connectivity index (χ3v) is 9.37. The van der Waals surface area contributed by atoms with Crippen LogP contribution >= 0.6 is 22.6 Å². The van der Waals surface area contributed by atoms with Crippen molar-refractivity contribution in [3.63, 3.8) is 0 Å². The number of methoxy groups -OCH3 is 1. The number of carbonyl (C=O) groups is 3. The van der Waals surface area contributed by atoms with E-state index < -0.39 is 35.7 Å². The molecule has 0 bridgehead atoms. The Labute approximate surface area is 279 Å². The fourth-order valence-corrected chi connectivity index (χ4v) is 6.97. The van der Waals surface area contributed by atoms with Gasteiger partial charge in [-0.25, -0.2) is 4.79 Å². The first-order valence-corrected chi connectivity index (χ1v) is 16.4. The average Bonchev–Trinajstić information content (AvgIpc) is 3.07. The number of ether oxygens (including phenoxy) is 2. The van der Waals surface area contributed by atoms with Crippen LogP contribution in [0.25, 0.3) is 11.0 Å². The molecule has 3 atom stereocenters. The summed E-state index contributed by atoms with van der Waals surface area (Å²) in [5, 5.41) is 24.5. The highest BCUT2D eigenvalue weighted by Crippen LogP contribution is 2.37. The van der Waals surface area contributed by atoms with Crippen molar-refractivity contribution in [1.82, 2.24) is 10.2 Å². The van der Waals surface area contributed by atoms with Gasteiger partial charge in [-0.05, 0) is 71.7 Å². The molecule has 12 heteroatoms. The first-order valence-electron chi connectivity index (χ1n) is 15.3. The number of aldehydes is 1. The summed E-state index contributed by atoms with van der Waals surface area (Å²) in [4.78, 5) is 53.8. The van der Waals surface area contributed by atoms with Crippen molar-refractivity contribution in [3.05, 3.63) is 79.2 Å². The Balaban J connectivity index is 1.57. The first-order chi connectivity index (χ1) is 22.2. The van der Waals surface area contributed by atoms with Crippen LogP contribution in [0.5, 0.6) is 11.5 Å². The van der Waals surface area contributed by atoms with Crippen LogP contribution in [0.2, 0.25) is 0 Å². The number of halogens is 1. The van der Waals surface area contributed by atoms with Crippen LogP contribution in [-0.2, 0) is 4.79 Å². The standard InChI is InChI=1S/C34H37IN2O9/c1-44-29-14-21(19-39)13-25(35)31(29)45-28-17-23(32(41)36-11-12-38)16-26(30(28)40)37(18-20-7-3-2-4-8-20)33(42)24-15-22-9-5-6-10-27(22)46-34(24)43/h5-6,9-10,13-15,17,19-20,26,28,30,38,40H,2-4,7-8,11-12,16,18H2,1H3,(H,36,41)/t26-,28+,30+/m1/s1. The van der Waals surface area contributed by atoms with Crippen LogP contribution < -0.4 is 20.4 Å². The predicted octanol–water partition coefficient (Wildman–Crippen LogP) is 3.86.